The van der Waals surface area contributed by atoms with Crippen molar-refractivity contribution >= 4 is 5.78 Å². The quantitative estimate of drug-likeness (QED) is 0.764. The van der Waals surface area contributed by atoms with Crippen molar-refractivity contribution < 1.29 is 14.3 Å². The Kier molecular flexibility index (Phi) is 5.20. The third-order valence-electron chi connectivity index (χ3n) is 3.99. The second-order valence-corrected chi connectivity index (χ2v) is 6.20. The van der Waals surface area contributed by atoms with Crippen LogP contribution in [0, 0.1) is 13.8 Å². The number of Topliss-reactive ketones (excluding diaryl/α,β-unsaturated/α-hetero) is 1. The summed E-state index contributed by atoms with van der Waals surface area (Å²) in [7, 11) is 0. The second-order valence-electron chi connectivity index (χ2n) is 6.20. The summed E-state index contributed by atoms with van der Waals surface area (Å²) in [5.41, 5.74) is 3.00. The fraction of sp³-hybridized carbons (Fsp3) is 0.421. The van der Waals surface area contributed by atoms with Gasteiger partial charge in [0.25, 0.3) is 0 Å². The Balaban J connectivity index is 1.67. The van der Waals surface area contributed by atoms with Gasteiger partial charge in [-0.25, -0.2) is 4.98 Å². The Morgan fingerprint density at radius 3 is 2.92 bits per heavy atom. The molecule has 0 aromatic carbocycles. The molecule has 3 rings (SSSR count). The van der Waals surface area contributed by atoms with E-state index in [1.54, 1.807) is 12.3 Å². The molecule has 24 heavy (non-hydrogen) atoms. The first kappa shape index (κ1) is 16.6. The zero-order chi connectivity index (χ0) is 16.9. The second kappa shape index (κ2) is 7.53. The van der Waals surface area contributed by atoms with Crippen molar-refractivity contribution in [3.05, 3.63) is 53.1 Å². The van der Waals surface area contributed by atoms with E-state index in [1.807, 2.05) is 32.0 Å². The van der Waals surface area contributed by atoms with Crippen molar-refractivity contribution in [1.82, 2.24) is 9.97 Å². The molecule has 1 aliphatic rings. The molecule has 1 unspecified atom stereocenters. The molecule has 2 aromatic heterocycles. The molecule has 1 atom stereocenters. The number of ether oxygens (including phenoxy) is 2. The van der Waals surface area contributed by atoms with Gasteiger partial charge in [-0.05, 0) is 38.3 Å². The van der Waals surface area contributed by atoms with E-state index in [0.717, 1.165) is 36.4 Å². The lowest BCUT2D eigenvalue weighted by Gasteiger charge is -2.12. The van der Waals surface area contributed by atoms with Gasteiger partial charge in [0.15, 0.2) is 5.78 Å². The van der Waals surface area contributed by atoms with Crippen molar-refractivity contribution in [3.63, 3.8) is 0 Å². The molecule has 0 spiro atoms. The molecule has 0 N–H and O–H groups in total. The Bertz CT molecular complexity index is 707. The molecule has 0 saturated carbocycles. The SMILES string of the molecule is Cc1ccc(CC(=O)c2cc(OCC3CCCO3)cc(C)n2)nc1. The van der Waals surface area contributed by atoms with Crippen molar-refractivity contribution in [1.29, 1.82) is 0 Å². The van der Waals surface area contributed by atoms with Crippen LogP contribution in [0.4, 0.5) is 0 Å². The van der Waals surface area contributed by atoms with E-state index in [2.05, 4.69) is 9.97 Å². The van der Waals surface area contributed by atoms with Crippen LogP contribution in [0.2, 0.25) is 0 Å². The van der Waals surface area contributed by atoms with Gasteiger partial charge >= 0.3 is 0 Å². The number of hydrogen-bond donors (Lipinski definition) is 0. The smallest absolute Gasteiger partial charge is 0.187 e. The summed E-state index contributed by atoms with van der Waals surface area (Å²) in [5, 5.41) is 0. The minimum Gasteiger partial charge on any atom is -0.491 e. The first-order chi connectivity index (χ1) is 11.6. The molecule has 1 aliphatic heterocycles. The summed E-state index contributed by atoms with van der Waals surface area (Å²) in [6, 6.07) is 7.38. The summed E-state index contributed by atoms with van der Waals surface area (Å²) in [6.07, 6.45) is 4.25. The number of rotatable bonds is 6. The summed E-state index contributed by atoms with van der Waals surface area (Å²) in [6.45, 7) is 5.14. The monoisotopic (exact) mass is 326 g/mol. The first-order valence-electron chi connectivity index (χ1n) is 8.28. The van der Waals surface area contributed by atoms with Crippen LogP contribution in [-0.4, -0.2) is 35.1 Å². The van der Waals surface area contributed by atoms with Crippen molar-refractivity contribution in [2.24, 2.45) is 0 Å². The van der Waals surface area contributed by atoms with Gasteiger partial charge in [0.2, 0.25) is 0 Å². The highest BCUT2D eigenvalue weighted by atomic mass is 16.5. The minimum atomic E-state index is -0.0583. The Labute approximate surface area is 142 Å². The number of carbonyl (C=O) groups is 1. The molecular weight excluding hydrogens is 304 g/mol. The number of pyridine rings is 2. The minimum absolute atomic E-state index is 0.0583. The lowest BCUT2D eigenvalue weighted by Crippen LogP contribution is -2.17. The van der Waals surface area contributed by atoms with Gasteiger partial charge in [-0.1, -0.05) is 6.07 Å². The van der Waals surface area contributed by atoms with Crippen molar-refractivity contribution in [2.75, 3.05) is 13.2 Å². The molecule has 2 aromatic rings. The number of ketones is 1. The predicted molar refractivity (Wildman–Crippen MR) is 90.5 cm³/mol. The maximum absolute atomic E-state index is 12.5. The fourth-order valence-corrected chi connectivity index (χ4v) is 2.69. The van der Waals surface area contributed by atoms with E-state index in [4.69, 9.17) is 9.47 Å². The Hall–Kier alpha value is -2.27. The Morgan fingerprint density at radius 1 is 1.33 bits per heavy atom. The number of hydrogen-bond acceptors (Lipinski definition) is 5. The fourth-order valence-electron chi connectivity index (χ4n) is 2.69. The summed E-state index contributed by atoms with van der Waals surface area (Å²) >= 11 is 0. The number of nitrogens with zero attached hydrogens (tertiary/aromatic N) is 2. The van der Waals surface area contributed by atoms with Crippen LogP contribution >= 0.6 is 0 Å². The van der Waals surface area contributed by atoms with Gasteiger partial charge < -0.3 is 9.47 Å². The summed E-state index contributed by atoms with van der Waals surface area (Å²) in [4.78, 5) is 21.1. The molecule has 1 saturated heterocycles. The molecular formula is C19H22N2O3. The first-order valence-corrected chi connectivity index (χ1v) is 8.28. The van der Waals surface area contributed by atoms with Crippen LogP contribution < -0.4 is 4.74 Å². The molecule has 0 amide bonds. The van der Waals surface area contributed by atoms with Gasteiger partial charge in [-0.3, -0.25) is 9.78 Å². The topological polar surface area (TPSA) is 61.3 Å². The van der Waals surface area contributed by atoms with Gasteiger partial charge in [-0.15, -0.1) is 0 Å². The average Bonchev–Trinajstić information content (AvgIpc) is 3.08. The Morgan fingerprint density at radius 2 is 2.21 bits per heavy atom. The van der Waals surface area contributed by atoms with Crippen molar-refractivity contribution in [3.8, 4) is 5.75 Å². The maximum atomic E-state index is 12.5. The van der Waals surface area contributed by atoms with Crippen molar-refractivity contribution in [2.45, 2.75) is 39.2 Å². The maximum Gasteiger partial charge on any atom is 0.187 e. The van der Waals surface area contributed by atoms with Crippen LogP contribution in [0.3, 0.4) is 0 Å². The van der Waals surface area contributed by atoms with Gasteiger partial charge in [0.05, 0.1) is 12.5 Å². The highest BCUT2D eigenvalue weighted by Gasteiger charge is 2.17. The predicted octanol–water partition coefficient (Wildman–Crippen LogP) is 3.08. The van der Waals surface area contributed by atoms with Crippen LogP contribution in [-0.2, 0) is 11.2 Å². The number of aromatic nitrogens is 2. The van der Waals surface area contributed by atoms with Crippen LogP contribution in [0.15, 0.2) is 30.5 Å². The van der Waals surface area contributed by atoms with Crippen LogP contribution in [0.25, 0.3) is 0 Å². The molecule has 126 valence electrons. The lowest BCUT2D eigenvalue weighted by molar-refractivity contribution is 0.0678. The van der Waals surface area contributed by atoms with E-state index in [-0.39, 0.29) is 18.3 Å². The molecule has 0 radical (unpaired) electrons. The molecule has 3 heterocycles. The number of carbonyl (C=O) groups excluding carboxylic acids is 1. The van der Waals surface area contributed by atoms with Gasteiger partial charge in [0.1, 0.15) is 18.1 Å². The summed E-state index contributed by atoms with van der Waals surface area (Å²) < 4.78 is 11.4. The largest absolute Gasteiger partial charge is 0.491 e. The van der Waals surface area contributed by atoms with Gasteiger partial charge in [-0.2, -0.15) is 0 Å². The third kappa shape index (κ3) is 4.38. The van der Waals surface area contributed by atoms with E-state index in [1.165, 1.54) is 0 Å². The standard InChI is InChI=1S/C19H22N2O3/c1-13-5-6-15(20-11-13)9-19(22)18-10-17(8-14(2)21-18)24-12-16-4-3-7-23-16/h5-6,8,10-11,16H,3-4,7,9,12H2,1-2H3. The normalized spacial score (nSPS) is 17.0. The van der Waals surface area contributed by atoms with E-state index >= 15 is 0 Å². The van der Waals surface area contributed by atoms with E-state index in [0.29, 0.717) is 18.1 Å². The van der Waals surface area contributed by atoms with E-state index < -0.39 is 0 Å². The highest BCUT2D eigenvalue weighted by Crippen LogP contribution is 2.18. The lowest BCUT2D eigenvalue weighted by atomic mass is 10.1. The molecule has 0 aliphatic carbocycles. The molecule has 0 bridgehead atoms. The summed E-state index contributed by atoms with van der Waals surface area (Å²) in [5.74, 6) is 0.607. The zero-order valence-electron chi connectivity index (χ0n) is 14.1. The third-order valence-corrected chi connectivity index (χ3v) is 3.99. The molecule has 5 heteroatoms. The molecule has 1 fully saturated rings. The average molecular weight is 326 g/mol. The van der Waals surface area contributed by atoms with E-state index in [9.17, 15) is 4.79 Å². The highest BCUT2D eigenvalue weighted by molar-refractivity contribution is 5.95. The zero-order valence-corrected chi connectivity index (χ0v) is 14.1. The van der Waals surface area contributed by atoms with Crippen LogP contribution in [0.1, 0.15) is 40.3 Å². The van der Waals surface area contributed by atoms with Gasteiger partial charge in [0, 0.05) is 36.3 Å². The molecule has 5 nitrogen and oxygen atoms in total. The number of aryl methyl sites for hydroxylation is 2. The van der Waals surface area contributed by atoms with Crippen LogP contribution in [0.5, 0.6) is 5.75 Å².